The lowest BCUT2D eigenvalue weighted by Gasteiger charge is -2.23. The van der Waals surface area contributed by atoms with E-state index in [9.17, 15) is 13.2 Å². The standard InChI is InChI=1S/C22H25N3O3S2/c1-3-15-7-6-10-19-20(15)23-22(29-19)24-21(26)16-11-13-18(14-12-16)30(27,28)25(2)17-8-4-5-9-17/h6-7,10-14,17H,3-5,8-9H2,1-2H3,(H,23,24,26). The second-order valence-electron chi connectivity index (χ2n) is 7.57. The van der Waals surface area contributed by atoms with Gasteiger partial charge in [-0.1, -0.05) is 43.2 Å². The van der Waals surface area contributed by atoms with Crippen molar-refractivity contribution in [2.24, 2.45) is 0 Å². The summed E-state index contributed by atoms with van der Waals surface area (Å²) in [4.78, 5) is 17.4. The van der Waals surface area contributed by atoms with Crippen LogP contribution < -0.4 is 5.32 Å². The van der Waals surface area contributed by atoms with Gasteiger partial charge in [-0.3, -0.25) is 10.1 Å². The van der Waals surface area contributed by atoms with Crippen LogP contribution in [0.3, 0.4) is 0 Å². The molecule has 1 aromatic heterocycles. The van der Waals surface area contributed by atoms with Crippen molar-refractivity contribution in [2.45, 2.75) is 50.0 Å². The van der Waals surface area contributed by atoms with E-state index in [-0.39, 0.29) is 16.8 Å². The molecule has 6 nitrogen and oxygen atoms in total. The van der Waals surface area contributed by atoms with E-state index in [0.717, 1.165) is 47.9 Å². The number of carbonyl (C=O) groups excluding carboxylic acids is 1. The number of hydrogen-bond donors (Lipinski definition) is 1. The van der Waals surface area contributed by atoms with E-state index in [4.69, 9.17) is 0 Å². The average molecular weight is 444 g/mol. The predicted octanol–water partition coefficient (Wildman–Crippen LogP) is 4.67. The normalized spacial score (nSPS) is 15.2. The van der Waals surface area contributed by atoms with Gasteiger partial charge >= 0.3 is 0 Å². The molecule has 8 heteroatoms. The summed E-state index contributed by atoms with van der Waals surface area (Å²) in [5.74, 6) is -0.305. The van der Waals surface area contributed by atoms with Crippen LogP contribution in [-0.4, -0.2) is 36.7 Å². The van der Waals surface area contributed by atoms with Gasteiger partial charge in [-0.2, -0.15) is 4.31 Å². The first-order valence-electron chi connectivity index (χ1n) is 10.2. The fraction of sp³-hybridized carbons (Fsp3) is 0.364. The van der Waals surface area contributed by atoms with Crippen LogP contribution in [-0.2, 0) is 16.4 Å². The minimum atomic E-state index is -3.56. The summed E-state index contributed by atoms with van der Waals surface area (Å²) >= 11 is 1.43. The van der Waals surface area contributed by atoms with Crippen LogP contribution in [0.25, 0.3) is 10.2 Å². The van der Waals surface area contributed by atoms with Gasteiger partial charge in [0, 0.05) is 18.7 Å². The van der Waals surface area contributed by atoms with Gasteiger partial charge in [-0.05, 0) is 55.2 Å². The summed E-state index contributed by atoms with van der Waals surface area (Å²) < 4.78 is 28.2. The Kier molecular flexibility index (Phi) is 5.90. The quantitative estimate of drug-likeness (QED) is 0.600. The maximum atomic E-state index is 12.9. The molecule has 1 saturated carbocycles. The van der Waals surface area contributed by atoms with E-state index in [1.165, 1.54) is 27.8 Å². The molecule has 0 atom stereocenters. The molecule has 1 N–H and O–H groups in total. The van der Waals surface area contributed by atoms with Gasteiger partial charge in [-0.25, -0.2) is 13.4 Å². The zero-order chi connectivity index (χ0) is 21.3. The molecule has 0 unspecified atom stereocenters. The third kappa shape index (κ3) is 3.99. The van der Waals surface area contributed by atoms with Gasteiger partial charge in [-0.15, -0.1) is 0 Å². The smallest absolute Gasteiger partial charge is 0.257 e. The monoisotopic (exact) mass is 443 g/mol. The Morgan fingerprint density at radius 3 is 2.53 bits per heavy atom. The number of hydrogen-bond acceptors (Lipinski definition) is 5. The molecule has 1 aliphatic rings. The van der Waals surface area contributed by atoms with E-state index in [0.29, 0.717) is 10.7 Å². The van der Waals surface area contributed by atoms with Crippen LogP contribution in [0.15, 0.2) is 47.4 Å². The summed E-state index contributed by atoms with van der Waals surface area (Å²) in [7, 11) is -1.91. The van der Waals surface area contributed by atoms with Crippen molar-refractivity contribution in [3.63, 3.8) is 0 Å². The van der Waals surface area contributed by atoms with E-state index >= 15 is 0 Å². The van der Waals surface area contributed by atoms with Crippen molar-refractivity contribution in [1.82, 2.24) is 9.29 Å². The molecule has 1 heterocycles. The number of sulfonamides is 1. The van der Waals surface area contributed by atoms with Crippen molar-refractivity contribution >= 4 is 42.6 Å². The number of nitrogens with one attached hydrogen (secondary N) is 1. The molecule has 0 radical (unpaired) electrons. The lowest BCUT2D eigenvalue weighted by atomic mass is 10.1. The molecular formula is C22H25N3O3S2. The van der Waals surface area contributed by atoms with Crippen LogP contribution in [0.4, 0.5) is 5.13 Å². The van der Waals surface area contributed by atoms with Crippen LogP contribution in [0.1, 0.15) is 48.5 Å². The highest BCUT2D eigenvalue weighted by atomic mass is 32.2. The fourth-order valence-corrected chi connectivity index (χ4v) is 6.25. The fourth-order valence-electron chi connectivity index (χ4n) is 3.92. The number of amides is 1. The van der Waals surface area contributed by atoms with Crippen molar-refractivity contribution in [3.8, 4) is 0 Å². The summed E-state index contributed by atoms with van der Waals surface area (Å²) in [6.07, 6.45) is 4.81. The summed E-state index contributed by atoms with van der Waals surface area (Å²) in [6, 6.07) is 12.2. The van der Waals surface area contributed by atoms with Gasteiger partial charge in [0.05, 0.1) is 15.1 Å². The summed E-state index contributed by atoms with van der Waals surface area (Å²) in [5.41, 5.74) is 2.45. The van der Waals surface area contributed by atoms with Gasteiger partial charge in [0.15, 0.2) is 5.13 Å². The van der Waals surface area contributed by atoms with Gasteiger partial charge in [0.2, 0.25) is 10.0 Å². The Labute approximate surface area is 181 Å². The first-order chi connectivity index (χ1) is 14.4. The predicted molar refractivity (Wildman–Crippen MR) is 121 cm³/mol. The minimum absolute atomic E-state index is 0.0602. The van der Waals surface area contributed by atoms with Crippen LogP contribution >= 0.6 is 11.3 Å². The number of benzene rings is 2. The Morgan fingerprint density at radius 2 is 1.87 bits per heavy atom. The molecule has 2 aromatic carbocycles. The molecule has 158 valence electrons. The van der Waals surface area contributed by atoms with Crippen molar-refractivity contribution in [1.29, 1.82) is 0 Å². The molecule has 30 heavy (non-hydrogen) atoms. The topological polar surface area (TPSA) is 79.4 Å². The van der Waals surface area contributed by atoms with E-state index in [1.54, 1.807) is 19.2 Å². The summed E-state index contributed by atoms with van der Waals surface area (Å²) in [6.45, 7) is 2.08. The Morgan fingerprint density at radius 1 is 1.17 bits per heavy atom. The van der Waals surface area contributed by atoms with Crippen LogP contribution in [0.5, 0.6) is 0 Å². The van der Waals surface area contributed by atoms with E-state index in [2.05, 4.69) is 17.2 Å². The zero-order valence-electron chi connectivity index (χ0n) is 17.1. The number of aryl methyl sites for hydroxylation is 1. The Hall–Kier alpha value is -2.29. The largest absolute Gasteiger partial charge is 0.298 e. The number of thiazole rings is 1. The van der Waals surface area contributed by atoms with Crippen molar-refractivity contribution in [2.75, 3.05) is 12.4 Å². The summed E-state index contributed by atoms with van der Waals surface area (Å²) in [5, 5.41) is 3.37. The average Bonchev–Trinajstić information content (AvgIpc) is 3.42. The lowest BCUT2D eigenvalue weighted by molar-refractivity contribution is 0.102. The second kappa shape index (κ2) is 8.45. The SMILES string of the molecule is CCc1cccc2sc(NC(=O)c3ccc(S(=O)(=O)N(C)C4CCCC4)cc3)nc12. The molecule has 0 saturated heterocycles. The highest BCUT2D eigenvalue weighted by Gasteiger charge is 2.30. The number of rotatable bonds is 6. The lowest BCUT2D eigenvalue weighted by Crippen LogP contribution is -2.35. The first-order valence-corrected chi connectivity index (χ1v) is 12.4. The third-order valence-corrected chi connectivity index (χ3v) is 8.60. The Bertz CT molecular complexity index is 1160. The maximum absolute atomic E-state index is 12.9. The van der Waals surface area contributed by atoms with E-state index < -0.39 is 10.0 Å². The number of para-hydroxylation sites is 1. The van der Waals surface area contributed by atoms with Gasteiger partial charge in [0.1, 0.15) is 0 Å². The second-order valence-corrected chi connectivity index (χ2v) is 10.6. The molecular weight excluding hydrogens is 418 g/mol. The number of nitrogens with zero attached hydrogens (tertiary/aromatic N) is 2. The minimum Gasteiger partial charge on any atom is -0.298 e. The third-order valence-electron chi connectivity index (χ3n) is 5.74. The Balaban J connectivity index is 1.50. The number of aromatic nitrogens is 1. The van der Waals surface area contributed by atoms with Gasteiger partial charge < -0.3 is 0 Å². The molecule has 3 aromatic rings. The number of carbonyl (C=O) groups is 1. The molecule has 1 fully saturated rings. The zero-order valence-corrected chi connectivity index (χ0v) is 18.7. The molecule has 1 amide bonds. The molecule has 4 rings (SSSR count). The maximum Gasteiger partial charge on any atom is 0.257 e. The van der Waals surface area contributed by atoms with Crippen molar-refractivity contribution < 1.29 is 13.2 Å². The first kappa shape index (κ1) is 21.0. The van der Waals surface area contributed by atoms with Crippen molar-refractivity contribution in [3.05, 3.63) is 53.6 Å². The highest BCUT2D eigenvalue weighted by Crippen LogP contribution is 2.29. The molecule has 0 aliphatic heterocycles. The van der Waals surface area contributed by atoms with Crippen LogP contribution in [0.2, 0.25) is 0 Å². The molecule has 0 bridgehead atoms. The number of fused-ring (bicyclic) bond motifs is 1. The molecule has 0 spiro atoms. The molecule has 1 aliphatic carbocycles. The van der Waals surface area contributed by atoms with Crippen LogP contribution in [0, 0.1) is 0 Å². The van der Waals surface area contributed by atoms with E-state index in [1.807, 2.05) is 18.2 Å². The van der Waals surface area contributed by atoms with Gasteiger partial charge in [0.25, 0.3) is 5.91 Å². The highest BCUT2D eigenvalue weighted by molar-refractivity contribution is 7.89. The number of anilines is 1.